The molecular weight excluding hydrogens is 214 g/mol. The van der Waals surface area contributed by atoms with Crippen molar-refractivity contribution in [3.63, 3.8) is 0 Å². The quantitative estimate of drug-likeness (QED) is 0.772. The molecule has 0 aliphatic carbocycles. The van der Waals surface area contributed by atoms with Crippen LogP contribution in [0.15, 0.2) is 37.2 Å². The lowest BCUT2D eigenvalue weighted by molar-refractivity contribution is 1.03. The van der Waals surface area contributed by atoms with Crippen LogP contribution in [0.5, 0.6) is 0 Å². The van der Waals surface area contributed by atoms with E-state index < -0.39 is 0 Å². The molecule has 0 N–H and O–H groups in total. The number of nitrogens with zero attached hydrogens (tertiary/aromatic N) is 5. The predicted octanol–water partition coefficient (Wildman–Crippen LogP) is 1.46. The maximum absolute atomic E-state index is 4.11. The predicted molar refractivity (Wildman–Crippen MR) is 59.4 cm³/mol. The van der Waals surface area contributed by atoms with E-state index in [1.807, 2.05) is 24.1 Å². The van der Waals surface area contributed by atoms with Crippen molar-refractivity contribution in [2.45, 2.75) is 0 Å². The average Bonchev–Trinajstić information content (AvgIpc) is 2.30. The summed E-state index contributed by atoms with van der Waals surface area (Å²) >= 11 is 0. The Labute approximate surface area is 93.6 Å². The van der Waals surface area contributed by atoms with E-state index >= 15 is 0 Å². The van der Waals surface area contributed by atoms with Gasteiger partial charge in [-0.05, 0) is 12.1 Å². The molecule has 2 aromatic heterocycles. The Kier molecular flexibility index (Phi) is 3.93. The molecule has 15 heavy (non-hydrogen) atoms. The van der Waals surface area contributed by atoms with Crippen molar-refractivity contribution in [2.75, 3.05) is 11.9 Å². The van der Waals surface area contributed by atoms with Crippen LogP contribution in [0.2, 0.25) is 0 Å². The second kappa shape index (κ2) is 5.21. The van der Waals surface area contributed by atoms with Gasteiger partial charge in [0.1, 0.15) is 24.3 Å². The molecule has 0 bridgehead atoms. The molecule has 5 nitrogen and oxygen atoms in total. The third-order valence-electron chi connectivity index (χ3n) is 1.82. The van der Waals surface area contributed by atoms with Crippen LogP contribution in [0.25, 0.3) is 0 Å². The highest BCUT2D eigenvalue weighted by Crippen LogP contribution is 2.16. The summed E-state index contributed by atoms with van der Waals surface area (Å²) in [7, 11) is 1.89. The van der Waals surface area contributed by atoms with Gasteiger partial charge >= 0.3 is 0 Å². The summed E-state index contributed by atoms with van der Waals surface area (Å²) in [6.07, 6.45) is 6.40. The Balaban J connectivity index is 0.00000112. The third kappa shape index (κ3) is 2.60. The summed E-state index contributed by atoms with van der Waals surface area (Å²) in [6.45, 7) is 0. The summed E-state index contributed by atoms with van der Waals surface area (Å²) in [4.78, 5) is 17.8. The number of hydrogen-bond acceptors (Lipinski definition) is 5. The van der Waals surface area contributed by atoms with Crippen molar-refractivity contribution in [3.8, 4) is 0 Å². The highest BCUT2D eigenvalue weighted by Gasteiger charge is 2.04. The van der Waals surface area contributed by atoms with Gasteiger partial charge in [0.2, 0.25) is 0 Å². The summed E-state index contributed by atoms with van der Waals surface area (Å²) in [5.74, 6) is 1.61. The molecule has 0 radical (unpaired) electrons. The van der Waals surface area contributed by atoms with E-state index in [0.717, 1.165) is 11.6 Å². The summed E-state index contributed by atoms with van der Waals surface area (Å²) < 4.78 is 0. The molecular formula is C9H10ClN5. The Hall–Kier alpha value is -1.75. The van der Waals surface area contributed by atoms with Crippen LogP contribution in [0.3, 0.4) is 0 Å². The van der Waals surface area contributed by atoms with Crippen molar-refractivity contribution in [2.24, 2.45) is 0 Å². The number of aromatic nitrogens is 4. The molecule has 2 aromatic rings. The maximum atomic E-state index is 4.11. The Morgan fingerprint density at radius 1 is 0.933 bits per heavy atom. The fourth-order valence-corrected chi connectivity index (χ4v) is 1.08. The van der Waals surface area contributed by atoms with Gasteiger partial charge < -0.3 is 4.90 Å². The first-order valence-electron chi connectivity index (χ1n) is 4.13. The van der Waals surface area contributed by atoms with Gasteiger partial charge in [-0.15, -0.1) is 12.4 Å². The monoisotopic (exact) mass is 223 g/mol. The van der Waals surface area contributed by atoms with E-state index in [-0.39, 0.29) is 12.4 Å². The lowest BCUT2D eigenvalue weighted by Gasteiger charge is -2.15. The minimum atomic E-state index is 0. The second-order valence-electron chi connectivity index (χ2n) is 2.69. The van der Waals surface area contributed by atoms with Gasteiger partial charge in [0.25, 0.3) is 0 Å². The average molecular weight is 224 g/mol. The van der Waals surface area contributed by atoms with Crippen molar-refractivity contribution in [1.82, 2.24) is 19.9 Å². The van der Waals surface area contributed by atoms with Gasteiger partial charge in [0.15, 0.2) is 0 Å². The zero-order chi connectivity index (χ0) is 9.80. The molecule has 78 valence electrons. The summed E-state index contributed by atoms with van der Waals surface area (Å²) in [6, 6.07) is 3.64. The smallest absolute Gasteiger partial charge is 0.137 e. The highest BCUT2D eigenvalue weighted by atomic mass is 35.5. The normalized spacial score (nSPS) is 9.13. The van der Waals surface area contributed by atoms with Crippen molar-refractivity contribution in [1.29, 1.82) is 0 Å². The lowest BCUT2D eigenvalue weighted by Crippen LogP contribution is -2.12. The van der Waals surface area contributed by atoms with E-state index in [9.17, 15) is 0 Å². The van der Waals surface area contributed by atoms with Crippen LogP contribution in [0, 0.1) is 0 Å². The van der Waals surface area contributed by atoms with Crippen molar-refractivity contribution < 1.29 is 0 Å². The van der Waals surface area contributed by atoms with Crippen LogP contribution in [0.4, 0.5) is 11.6 Å². The molecule has 0 amide bonds. The van der Waals surface area contributed by atoms with Crippen molar-refractivity contribution >= 4 is 24.0 Å². The van der Waals surface area contributed by atoms with E-state index in [1.165, 1.54) is 12.7 Å². The van der Waals surface area contributed by atoms with Crippen LogP contribution in [-0.4, -0.2) is 27.0 Å². The highest BCUT2D eigenvalue weighted by molar-refractivity contribution is 5.85. The van der Waals surface area contributed by atoms with Gasteiger partial charge in [-0.2, -0.15) is 0 Å². The zero-order valence-electron chi connectivity index (χ0n) is 8.11. The minimum Gasteiger partial charge on any atom is -0.314 e. The molecule has 2 heterocycles. The Bertz CT molecular complexity index is 354. The second-order valence-corrected chi connectivity index (χ2v) is 2.69. The van der Waals surface area contributed by atoms with Crippen LogP contribution in [-0.2, 0) is 0 Å². The first kappa shape index (κ1) is 11.3. The van der Waals surface area contributed by atoms with E-state index in [2.05, 4.69) is 19.9 Å². The molecule has 0 unspecified atom stereocenters. The summed E-state index contributed by atoms with van der Waals surface area (Å²) in [5, 5.41) is 0. The molecule has 0 spiro atoms. The molecule has 0 aliphatic heterocycles. The molecule has 0 atom stereocenters. The first-order chi connectivity index (χ1) is 6.88. The maximum Gasteiger partial charge on any atom is 0.137 e. The fourth-order valence-electron chi connectivity index (χ4n) is 1.08. The largest absolute Gasteiger partial charge is 0.314 e. The standard InChI is InChI=1S/C9H9N5.ClH/c1-14(8-2-4-10-6-12-8)9-3-5-11-7-13-9;/h2-7H,1H3;1H. The van der Waals surface area contributed by atoms with E-state index in [1.54, 1.807) is 12.4 Å². The third-order valence-corrected chi connectivity index (χ3v) is 1.82. The van der Waals surface area contributed by atoms with Crippen LogP contribution in [0.1, 0.15) is 0 Å². The van der Waals surface area contributed by atoms with Gasteiger partial charge in [-0.25, -0.2) is 19.9 Å². The molecule has 0 saturated heterocycles. The van der Waals surface area contributed by atoms with Crippen molar-refractivity contribution in [3.05, 3.63) is 37.2 Å². The lowest BCUT2D eigenvalue weighted by atomic mass is 10.5. The Morgan fingerprint density at radius 2 is 1.40 bits per heavy atom. The molecule has 0 fully saturated rings. The molecule has 0 saturated carbocycles. The van der Waals surface area contributed by atoms with Crippen LogP contribution < -0.4 is 4.90 Å². The minimum absolute atomic E-state index is 0. The number of hydrogen-bond donors (Lipinski definition) is 0. The van der Waals surface area contributed by atoms with Gasteiger partial charge in [-0.3, -0.25) is 0 Å². The van der Waals surface area contributed by atoms with Gasteiger partial charge in [0.05, 0.1) is 0 Å². The topological polar surface area (TPSA) is 54.8 Å². The van der Waals surface area contributed by atoms with Gasteiger partial charge in [-0.1, -0.05) is 0 Å². The number of rotatable bonds is 2. The van der Waals surface area contributed by atoms with E-state index in [0.29, 0.717) is 0 Å². The first-order valence-corrected chi connectivity index (χ1v) is 4.13. The van der Waals surface area contributed by atoms with Crippen LogP contribution >= 0.6 is 12.4 Å². The van der Waals surface area contributed by atoms with E-state index in [4.69, 9.17) is 0 Å². The van der Waals surface area contributed by atoms with Gasteiger partial charge in [0, 0.05) is 19.4 Å². The number of anilines is 2. The Morgan fingerprint density at radius 3 is 1.73 bits per heavy atom. The number of halogens is 1. The SMILES string of the molecule is CN(c1ccncn1)c1ccncn1.Cl. The zero-order valence-corrected chi connectivity index (χ0v) is 8.92. The fraction of sp³-hybridized carbons (Fsp3) is 0.111. The summed E-state index contributed by atoms with van der Waals surface area (Å²) in [5.41, 5.74) is 0. The molecule has 0 aromatic carbocycles. The molecule has 2 rings (SSSR count). The molecule has 0 aliphatic rings. The molecule has 6 heteroatoms.